The summed E-state index contributed by atoms with van der Waals surface area (Å²) >= 11 is 0. The Morgan fingerprint density at radius 3 is 2.26 bits per heavy atom. The van der Waals surface area contributed by atoms with Crippen molar-refractivity contribution in [1.82, 2.24) is 0 Å². The summed E-state index contributed by atoms with van der Waals surface area (Å²) in [6.45, 7) is 8.66. The van der Waals surface area contributed by atoms with Gasteiger partial charge in [-0.05, 0) is 29.7 Å². The maximum atomic E-state index is 13.6. The lowest BCUT2D eigenvalue weighted by Crippen LogP contribution is -2.66. The number of rotatable bonds is 5. The van der Waals surface area contributed by atoms with Crippen LogP contribution in [0.5, 0.6) is 0 Å². The number of hydrogen-bond acceptors (Lipinski definition) is 8. The van der Waals surface area contributed by atoms with Gasteiger partial charge in [-0.25, -0.2) is 0 Å². The highest BCUT2D eigenvalue weighted by atomic mass is 16.6. The number of carbonyl (C=O) groups is 3. The largest absolute Gasteiger partial charge is 0.457 e. The van der Waals surface area contributed by atoms with Crippen LogP contribution >= 0.6 is 0 Å². The van der Waals surface area contributed by atoms with Crippen LogP contribution in [0, 0.1) is 51.8 Å². The van der Waals surface area contributed by atoms with Gasteiger partial charge in [-0.2, -0.15) is 0 Å². The van der Waals surface area contributed by atoms with Crippen molar-refractivity contribution in [3.63, 3.8) is 0 Å². The smallest absolute Gasteiger partial charge is 0.310 e. The summed E-state index contributed by atoms with van der Waals surface area (Å²) in [5.41, 5.74) is -6.03. The molecule has 8 heteroatoms. The fourth-order valence-corrected chi connectivity index (χ4v) is 11.5. The van der Waals surface area contributed by atoms with Crippen LogP contribution in [0.3, 0.4) is 0 Å². The molecule has 0 amide bonds. The van der Waals surface area contributed by atoms with E-state index in [0.29, 0.717) is 0 Å². The van der Waals surface area contributed by atoms with Gasteiger partial charge in [0, 0.05) is 40.9 Å². The van der Waals surface area contributed by atoms with E-state index in [1.54, 1.807) is 6.92 Å². The highest BCUT2D eigenvalue weighted by Crippen LogP contribution is 2.93. The standard InChI is InChI=1S/C30H36O8/c1-14-23(37-17(33)11-16-9-7-6-8-10-16)30(38-15(2)32)21(25(30,3)4)20-18-19-22(29(14,20)36)28(35)12-27(18,13-31)26(19,5)24(28)34/h6-10,14,18-23,31,35-36H,11-13H2,1-5H3/t14-,18?,19+,20-,21-,22-,23+,26-,27-,28-,29+,30+/m0/s1. The van der Waals surface area contributed by atoms with Crippen molar-refractivity contribution >= 4 is 17.7 Å². The summed E-state index contributed by atoms with van der Waals surface area (Å²) < 4.78 is 12.3. The van der Waals surface area contributed by atoms with Crippen molar-refractivity contribution in [3.05, 3.63) is 35.9 Å². The number of esters is 2. The number of fused-ring (bicyclic) bond motifs is 8. The first-order valence-corrected chi connectivity index (χ1v) is 13.7. The highest BCUT2D eigenvalue weighted by molar-refractivity contribution is 6.01. The Balaban J connectivity index is 1.35. The molecule has 6 aliphatic carbocycles. The number of aliphatic hydroxyl groups excluding tert-OH is 1. The van der Waals surface area contributed by atoms with E-state index in [1.165, 1.54) is 6.92 Å². The van der Waals surface area contributed by atoms with Gasteiger partial charge >= 0.3 is 11.9 Å². The van der Waals surface area contributed by atoms with Crippen LogP contribution in [-0.2, 0) is 30.3 Å². The highest BCUT2D eigenvalue weighted by Gasteiger charge is 3.01. The molecule has 6 aliphatic rings. The van der Waals surface area contributed by atoms with Crippen LogP contribution < -0.4 is 0 Å². The van der Waals surface area contributed by atoms with Crippen molar-refractivity contribution in [3.8, 4) is 0 Å². The molecule has 6 fully saturated rings. The van der Waals surface area contributed by atoms with Gasteiger partial charge in [0.1, 0.15) is 11.7 Å². The Kier molecular flexibility index (Phi) is 4.36. The third-order valence-electron chi connectivity index (χ3n) is 12.6. The van der Waals surface area contributed by atoms with Gasteiger partial charge in [0.25, 0.3) is 0 Å². The number of aliphatic hydroxyl groups is 3. The minimum absolute atomic E-state index is 0.0238. The summed E-state index contributed by atoms with van der Waals surface area (Å²) in [6.07, 6.45) is -0.820. The van der Waals surface area contributed by atoms with Crippen LogP contribution in [-0.4, -0.2) is 62.6 Å². The van der Waals surface area contributed by atoms with Gasteiger partial charge < -0.3 is 24.8 Å². The molecule has 8 nitrogen and oxygen atoms in total. The molecule has 38 heavy (non-hydrogen) atoms. The predicted octanol–water partition coefficient (Wildman–Crippen LogP) is 1.67. The molecule has 0 spiro atoms. The van der Waals surface area contributed by atoms with E-state index >= 15 is 0 Å². The van der Waals surface area contributed by atoms with Crippen molar-refractivity contribution in [2.75, 3.05) is 6.61 Å². The van der Waals surface area contributed by atoms with Crippen LogP contribution in [0.15, 0.2) is 30.3 Å². The van der Waals surface area contributed by atoms with Gasteiger partial charge in [-0.1, -0.05) is 58.0 Å². The van der Waals surface area contributed by atoms with E-state index in [1.807, 2.05) is 51.1 Å². The second kappa shape index (κ2) is 6.70. The number of Topliss-reactive ketones (excluding diaryl/α,β-unsaturated/α-hetero) is 1. The number of ether oxygens (including phenoxy) is 2. The van der Waals surface area contributed by atoms with Gasteiger partial charge in [0.2, 0.25) is 0 Å². The number of hydrogen-bond donors (Lipinski definition) is 3. The lowest BCUT2D eigenvalue weighted by Gasteiger charge is -2.65. The first-order valence-electron chi connectivity index (χ1n) is 13.7. The quantitative estimate of drug-likeness (QED) is 0.496. The molecule has 6 saturated carbocycles. The molecule has 0 aliphatic heterocycles. The Morgan fingerprint density at radius 2 is 1.68 bits per heavy atom. The van der Waals surface area contributed by atoms with Crippen LogP contribution in [0.1, 0.15) is 46.6 Å². The lowest BCUT2D eigenvalue weighted by atomic mass is 9.37. The Morgan fingerprint density at radius 1 is 1.03 bits per heavy atom. The zero-order chi connectivity index (χ0) is 27.4. The molecular formula is C30H36O8. The zero-order valence-electron chi connectivity index (χ0n) is 22.4. The van der Waals surface area contributed by atoms with E-state index in [-0.39, 0.29) is 43.0 Å². The molecule has 12 atom stereocenters. The lowest BCUT2D eigenvalue weighted by molar-refractivity contribution is -0.232. The third-order valence-corrected chi connectivity index (χ3v) is 12.6. The van der Waals surface area contributed by atoms with Gasteiger partial charge in [0.15, 0.2) is 11.4 Å². The van der Waals surface area contributed by atoms with E-state index in [9.17, 15) is 29.7 Å². The van der Waals surface area contributed by atoms with Crippen LogP contribution in [0.25, 0.3) is 0 Å². The maximum absolute atomic E-state index is 13.6. The Bertz CT molecular complexity index is 1290. The average Bonchev–Trinajstić information content (AvgIpc) is 3.07. The topological polar surface area (TPSA) is 130 Å². The molecule has 0 aromatic heterocycles. The second-order valence-corrected chi connectivity index (χ2v) is 13.8. The summed E-state index contributed by atoms with van der Waals surface area (Å²) in [4.78, 5) is 39.4. The number of ketones is 1. The Labute approximate surface area is 221 Å². The SMILES string of the molecule is CC(=O)O[C@@]12[C@H](OC(=O)Cc3ccccc3)[C@H](C)[C@]3(O)[C@H]4[C@H]5C([C@H]3[C@H]1C2(C)C)[C@@]1(CO)C[C@@]4(O)C(=O)[C@]51C. The van der Waals surface area contributed by atoms with E-state index in [4.69, 9.17) is 9.47 Å². The molecule has 0 heterocycles. The maximum Gasteiger partial charge on any atom is 0.310 e. The minimum Gasteiger partial charge on any atom is -0.457 e. The summed E-state index contributed by atoms with van der Waals surface area (Å²) in [5.74, 6) is -4.00. The average molecular weight is 525 g/mol. The van der Waals surface area contributed by atoms with Gasteiger partial charge in [-0.15, -0.1) is 0 Å². The summed E-state index contributed by atoms with van der Waals surface area (Å²) in [7, 11) is 0. The molecule has 1 aromatic carbocycles. The molecule has 2 bridgehead atoms. The first kappa shape index (κ1) is 24.7. The summed E-state index contributed by atoms with van der Waals surface area (Å²) in [6, 6.07) is 9.20. The first-order chi connectivity index (χ1) is 17.7. The fourth-order valence-electron chi connectivity index (χ4n) is 11.5. The van der Waals surface area contributed by atoms with Crippen molar-refractivity contribution in [2.24, 2.45) is 51.8 Å². The number of carbonyl (C=O) groups excluding carboxylic acids is 3. The number of benzene rings is 1. The molecule has 1 unspecified atom stereocenters. The van der Waals surface area contributed by atoms with Crippen molar-refractivity contribution < 1.29 is 39.2 Å². The molecule has 204 valence electrons. The second-order valence-electron chi connectivity index (χ2n) is 13.8. The minimum atomic E-state index is -1.74. The molecular weight excluding hydrogens is 488 g/mol. The monoisotopic (exact) mass is 524 g/mol. The predicted molar refractivity (Wildman–Crippen MR) is 132 cm³/mol. The third kappa shape index (κ3) is 2.14. The normalized spacial score (nSPS) is 53.6. The molecule has 0 radical (unpaired) electrons. The van der Waals surface area contributed by atoms with Gasteiger partial charge in [-0.3, -0.25) is 14.4 Å². The zero-order valence-corrected chi connectivity index (χ0v) is 22.4. The summed E-state index contributed by atoms with van der Waals surface area (Å²) in [5, 5.41) is 35.3. The van der Waals surface area contributed by atoms with Crippen molar-refractivity contribution in [1.29, 1.82) is 0 Å². The van der Waals surface area contributed by atoms with Crippen molar-refractivity contribution in [2.45, 2.75) is 70.4 Å². The van der Waals surface area contributed by atoms with E-state index in [2.05, 4.69) is 0 Å². The molecule has 0 saturated heterocycles. The molecule has 1 aromatic rings. The Hall–Kier alpha value is -2.29. The molecule has 3 N–H and O–H groups in total. The van der Waals surface area contributed by atoms with Gasteiger partial charge in [0.05, 0.1) is 18.6 Å². The van der Waals surface area contributed by atoms with E-state index in [0.717, 1.165) is 5.56 Å². The van der Waals surface area contributed by atoms with Crippen LogP contribution in [0.2, 0.25) is 0 Å². The fraction of sp³-hybridized carbons (Fsp3) is 0.700. The van der Waals surface area contributed by atoms with Crippen LogP contribution in [0.4, 0.5) is 0 Å². The molecule has 7 rings (SSSR count). The van der Waals surface area contributed by atoms with E-state index < -0.39 is 68.8 Å².